The molecule has 11 heteroatoms. The summed E-state index contributed by atoms with van der Waals surface area (Å²) in [7, 11) is 0. The molecule has 5 N–H and O–H groups in total. The second-order valence-electron chi connectivity index (χ2n) is 10.1. The lowest BCUT2D eigenvalue weighted by Crippen LogP contribution is -2.57. The minimum absolute atomic E-state index is 0.0343. The third kappa shape index (κ3) is 13.2. The Kier molecular flexibility index (Phi) is 15.0. The van der Waals surface area contributed by atoms with E-state index in [9.17, 15) is 24.0 Å². The van der Waals surface area contributed by atoms with Crippen LogP contribution in [0.5, 0.6) is 0 Å². The minimum Gasteiger partial charge on any atom is -0.463 e. The SMILES string of the molecule is CCOC(=O)/C=C/[C@H](CCC(N)=O)NC(=O)[C@H](Cc1ccccc1)NC(=O)[C@@H](NC(=O)OCc1ccccc1)C(C)CC. The van der Waals surface area contributed by atoms with Crippen molar-refractivity contribution in [2.75, 3.05) is 6.61 Å². The maximum atomic E-state index is 13.5. The molecule has 4 amide bonds. The fourth-order valence-electron chi connectivity index (χ4n) is 4.10. The molecule has 0 saturated heterocycles. The standard InChI is InChI=1S/C32H42N4O7/c1-4-22(3)29(36-32(41)43-21-24-14-10-7-11-15-24)31(40)35-26(20-23-12-8-6-9-13-23)30(39)34-25(16-18-27(33)37)17-19-28(38)42-5-2/h6-15,17,19,22,25-26,29H,4-5,16,18,20-21H2,1-3H3,(H2,33,37)(H,34,39)(H,35,40)(H,36,41)/b19-17+/t22?,25-,26-,29-/m0/s1. The number of hydrogen-bond donors (Lipinski definition) is 4. The zero-order valence-electron chi connectivity index (χ0n) is 24.9. The lowest BCUT2D eigenvalue weighted by molar-refractivity contribution is -0.137. The molecule has 0 aliphatic carbocycles. The molecular weight excluding hydrogens is 552 g/mol. The molecule has 232 valence electrons. The van der Waals surface area contributed by atoms with Crippen LogP contribution in [0.2, 0.25) is 0 Å². The van der Waals surface area contributed by atoms with Crippen molar-refractivity contribution in [3.05, 3.63) is 83.9 Å². The van der Waals surface area contributed by atoms with Crippen molar-refractivity contribution in [3.63, 3.8) is 0 Å². The van der Waals surface area contributed by atoms with Crippen molar-refractivity contribution >= 4 is 29.8 Å². The van der Waals surface area contributed by atoms with Crippen LogP contribution in [0.25, 0.3) is 0 Å². The molecule has 0 aliphatic heterocycles. The molecule has 1 unspecified atom stereocenters. The Balaban J connectivity index is 2.22. The van der Waals surface area contributed by atoms with Gasteiger partial charge in [-0.1, -0.05) is 87.0 Å². The molecule has 0 bridgehead atoms. The third-order valence-electron chi connectivity index (χ3n) is 6.68. The molecular formula is C32H42N4O7. The molecule has 0 saturated carbocycles. The van der Waals surface area contributed by atoms with Crippen LogP contribution in [0.3, 0.4) is 0 Å². The van der Waals surface area contributed by atoms with Gasteiger partial charge in [0.2, 0.25) is 17.7 Å². The third-order valence-corrected chi connectivity index (χ3v) is 6.68. The fraction of sp³-hybridized carbons (Fsp3) is 0.406. The first-order chi connectivity index (χ1) is 20.6. The van der Waals surface area contributed by atoms with Crippen LogP contribution < -0.4 is 21.7 Å². The lowest BCUT2D eigenvalue weighted by Gasteiger charge is -2.27. The van der Waals surface area contributed by atoms with E-state index in [-0.39, 0.29) is 38.4 Å². The van der Waals surface area contributed by atoms with Crippen LogP contribution in [0.1, 0.15) is 51.2 Å². The highest BCUT2D eigenvalue weighted by molar-refractivity contribution is 5.92. The number of amides is 4. The van der Waals surface area contributed by atoms with Crippen molar-refractivity contribution in [1.82, 2.24) is 16.0 Å². The first kappa shape index (κ1) is 34.5. The number of alkyl carbamates (subject to hydrolysis) is 1. The van der Waals surface area contributed by atoms with E-state index in [0.717, 1.165) is 11.1 Å². The predicted molar refractivity (Wildman–Crippen MR) is 161 cm³/mol. The van der Waals surface area contributed by atoms with Crippen LogP contribution in [0.4, 0.5) is 4.79 Å². The number of nitrogens with one attached hydrogen (secondary N) is 3. The number of ether oxygens (including phenoxy) is 2. The Morgan fingerprint density at radius 2 is 1.47 bits per heavy atom. The van der Waals surface area contributed by atoms with E-state index in [0.29, 0.717) is 6.42 Å². The smallest absolute Gasteiger partial charge is 0.408 e. The summed E-state index contributed by atoms with van der Waals surface area (Å²) in [6.07, 6.45) is 2.64. The topological polar surface area (TPSA) is 166 Å². The van der Waals surface area contributed by atoms with Crippen molar-refractivity contribution in [1.29, 1.82) is 0 Å². The Hall–Kier alpha value is -4.67. The summed E-state index contributed by atoms with van der Waals surface area (Å²) in [5, 5.41) is 8.22. The van der Waals surface area contributed by atoms with Gasteiger partial charge in [-0.15, -0.1) is 0 Å². The van der Waals surface area contributed by atoms with Gasteiger partial charge in [-0.2, -0.15) is 0 Å². The molecule has 0 radical (unpaired) electrons. The van der Waals surface area contributed by atoms with Crippen molar-refractivity contribution < 1.29 is 33.4 Å². The Bertz CT molecular complexity index is 1220. The van der Waals surface area contributed by atoms with Crippen LogP contribution in [0.15, 0.2) is 72.8 Å². The van der Waals surface area contributed by atoms with E-state index < -0.39 is 47.9 Å². The zero-order valence-corrected chi connectivity index (χ0v) is 24.9. The summed E-state index contributed by atoms with van der Waals surface area (Å²) < 4.78 is 10.2. The van der Waals surface area contributed by atoms with Crippen LogP contribution in [-0.2, 0) is 41.7 Å². The van der Waals surface area contributed by atoms with Crippen molar-refractivity contribution in [3.8, 4) is 0 Å². The van der Waals surface area contributed by atoms with E-state index in [2.05, 4.69) is 16.0 Å². The van der Waals surface area contributed by atoms with Crippen LogP contribution in [0, 0.1) is 5.92 Å². The second kappa shape index (κ2) is 18.7. The zero-order chi connectivity index (χ0) is 31.6. The average Bonchev–Trinajstić information content (AvgIpc) is 3.00. The van der Waals surface area contributed by atoms with Crippen LogP contribution in [-0.4, -0.2) is 54.5 Å². The first-order valence-corrected chi connectivity index (χ1v) is 14.4. The number of esters is 1. The molecule has 2 aromatic carbocycles. The monoisotopic (exact) mass is 594 g/mol. The molecule has 0 heterocycles. The normalized spacial score (nSPS) is 13.7. The van der Waals surface area contributed by atoms with E-state index in [1.54, 1.807) is 6.92 Å². The summed E-state index contributed by atoms with van der Waals surface area (Å²) >= 11 is 0. The molecule has 11 nitrogen and oxygen atoms in total. The van der Waals surface area contributed by atoms with E-state index >= 15 is 0 Å². The molecule has 0 aliphatic rings. The molecule has 4 atom stereocenters. The predicted octanol–water partition coefficient (Wildman–Crippen LogP) is 2.92. The lowest BCUT2D eigenvalue weighted by atomic mass is 9.97. The quantitative estimate of drug-likeness (QED) is 0.161. The molecule has 2 rings (SSSR count). The maximum absolute atomic E-state index is 13.5. The van der Waals surface area contributed by atoms with E-state index in [1.165, 1.54) is 12.2 Å². The largest absolute Gasteiger partial charge is 0.463 e. The molecule has 0 spiro atoms. The summed E-state index contributed by atoms with van der Waals surface area (Å²) in [6.45, 7) is 5.58. The summed E-state index contributed by atoms with van der Waals surface area (Å²) in [4.78, 5) is 63.0. The Morgan fingerprint density at radius 3 is 2.05 bits per heavy atom. The first-order valence-electron chi connectivity index (χ1n) is 14.4. The van der Waals surface area contributed by atoms with Gasteiger partial charge in [-0.25, -0.2) is 9.59 Å². The van der Waals surface area contributed by atoms with Gasteiger partial charge in [0.15, 0.2) is 0 Å². The number of primary amides is 1. The molecule has 0 fully saturated rings. The summed E-state index contributed by atoms with van der Waals surface area (Å²) in [6, 6.07) is 15.5. The molecule has 0 aromatic heterocycles. The highest BCUT2D eigenvalue weighted by Gasteiger charge is 2.31. The van der Waals surface area contributed by atoms with Gasteiger partial charge < -0.3 is 31.2 Å². The summed E-state index contributed by atoms with van der Waals surface area (Å²) in [5.74, 6) is -2.55. The average molecular weight is 595 g/mol. The Morgan fingerprint density at radius 1 is 0.837 bits per heavy atom. The summed E-state index contributed by atoms with van der Waals surface area (Å²) in [5.41, 5.74) is 6.89. The number of hydrogen-bond acceptors (Lipinski definition) is 7. The fourth-order valence-corrected chi connectivity index (χ4v) is 4.10. The van der Waals surface area contributed by atoms with Gasteiger partial charge in [0, 0.05) is 25.0 Å². The van der Waals surface area contributed by atoms with Crippen LogP contribution >= 0.6 is 0 Å². The highest BCUT2D eigenvalue weighted by Crippen LogP contribution is 2.12. The number of rotatable bonds is 17. The van der Waals surface area contributed by atoms with Gasteiger partial charge in [-0.05, 0) is 30.4 Å². The number of benzene rings is 2. The minimum atomic E-state index is -1.05. The van der Waals surface area contributed by atoms with Gasteiger partial charge in [-0.3, -0.25) is 14.4 Å². The number of carbonyl (C=O) groups excluding carboxylic acids is 5. The van der Waals surface area contributed by atoms with Crippen molar-refractivity contribution in [2.45, 2.75) is 71.2 Å². The molecule has 43 heavy (non-hydrogen) atoms. The molecule has 2 aromatic rings. The number of nitrogens with two attached hydrogens (primary N) is 1. The van der Waals surface area contributed by atoms with Crippen molar-refractivity contribution in [2.24, 2.45) is 11.7 Å². The highest BCUT2D eigenvalue weighted by atomic mass is 16.5. The Labute approximate surface area is 252 Å². The maximum Gasteiger partial charge on any atom is 0.408 e. The van der Waals surface area contributed by atoms with Gasteiger partial charge in [0.1, 0.15) is 18.7 Å². The van der Waals surface area contributed by atoms with E-state index in [1.807, 2.05) is 74.5 Å². The van der Waals surface area contributed by atoms with Gasteiger partial charge >= 0.3 is 12.1 Å². The van der Waals surface area contributed by atoms with Gasteiger partial charge in [0.05, 0.1) is 6.61 Å². The number of carbonyl (C=O) groups is 5. The van der Waals surface area contributed by atoms with E-state index in [4.69, 9.17) is 15.2 Å². The van der Waals surface area contributed by atoms with Gasteiger partial charge in [0.25, 0.3) is 0 Å². The second-order valence-corrected chi connectivity index (χ2v) is 10.1.